The molecule has 0 aliphatic carbocycles. The quantitative estimate of drug-likeness (QED) is 0.659. The molecule has 0 atom stereocenters. The van der Waals surface area contributed by atoms with Crippen LogP contribution in [-0.2, 0) is 12.8 Å². The van der Waals surface area contributed by atoms with Crippen molar-refractivity contribution < 1.29 is 0 Å². The molecule has 1 aromatic rings. The van der Waals surface area contributed by atoms with Gasteiger partial charge in [0.25, 0.3) is 0 Å². The van der Waals surface area contributed by atoms with Gasteiger partial charge in [-0.3, -0.25) is 0 Å². The van der Waals surface area contributed by atoms with E-state index in [9.17, 15) is 0 Å². The molecule has 0 aromatic carbocycles. The van der Waals surface area contributed by atoms with Crippen molar-refractivity contribution in [2.24, 2.45) is 0 Å². The Morgan fingerprint density at radius 2 is 2.20 bits per heavy atom. The minimum Gasteiger partial charge on any atom is -0.365 e. The zero-order valence-corrected chi connectivity index (χ0v) is 6.78. The Morgan fingerprint density at radius 1 is 1.40 bits per heavy atom. The van der Waals surface area contributed by atoms with Crippen LogP contribution in [0.15, 0.2) is 12.3 Å². The third-order valence-corrected chi connectivity index (χ3v) is 1.81. The Labute approximate surface area is 62.5 Å². The van der Waals surface area contributed by atoms with Crippen molar-refractivity contribution in [3.8, 4) is 0 Å². The number of aryl methyl sites for hydroxylation is 2. The molecule has 0 radical (unpaired) electrons. The summed E-state index contributed by atoms with van der Waals surface area (Å²) in [5, 5.41) is 0. The number of aromatic nitrogens is 1. The minimum absolute atomic E-state index is 1.15. The number of hydrogen-bond acceptors (Lipinski definition) is 0. The van der Waals surface area contributed by atoms with Crippen LogP contribution < -0.4 is 0 Å². The highest BCUT2D eigenvalue weighted by atomic mass is 14.7. The van der Waals surface area contributed by atoms with E-state index in [4.69, 9.17) is 0 Å². The van der Waals surface area contributed by atoms with Gasteiger partial charge in [-0.05, 0) is 24.5 Å². The molecule has 0 fully saturated rings. The van der Waals surface area contributed by atoms with Gasteiger partial charge in [-0.25, -0.2) is 0 Å². The average Bonchev–Trinajstić information content (AvgIpc) is 2.36. The van der Waals surface area contributed by atoms with E-state index in [2.05, 4.69) is 24.9 Å². The molecule has 1 rings (SSSR count). The SMILES string of the molecule is CCCc1[nH]ccc1CC. The zero-order valence-electron chi connectivity index (χ0n) is 6.78. The van der Waals surface area contributed by atoms with E-state index in [1.54, 1.807) is 0 Å². The van der Waals surface area contributed by atoms with Gasteiger partial charge in [0, 0.05) is 11.9 Å². The lowest BCUT2D eigenvalue weighted by atomic mass is 10.1. The van der Waals surface area contributed by atoms with Crippen LogP contribution in [0.5, 0.6) is 0 Å². The molecule has 1 N–H and O–H groups in total. The second-order valence-electron chi connectivity index (χ2n) is 2.59. The van der Waals surface area contributed by atoms with Gasteiger partial charge >= 0.3 is 0 Å². The zero-order chi connectivity index (χ0) is 7.40. The molecule has 0 aliphatic heterocycles. The summed E-state index contributed by atoms with van der Waals surface area (Å²) < 4.78 is 0. The van der Waals surface area contributed by atoms with Gasteiger partial charge in [0.1, 0.15) is 0 Å². The Bertz CT molecular complexity index is 188. The van der Waals surface area contributed by atoms with Crippen LogP contribution in [0.25, 0.3) is 0 Å². The number of H-pyrrole nitrogens is 1. The van der Waals surface area contributed by atoms with E-state index >= 15 is 0 Å². The van der Waals surface area contributed by atoms with E-state index in [1.165, 1.54) is 24.1 Å². The molecule has 1 heterocycles. The van der Waals surface area contributed by atoms with Crippen LogP contribution in [0.1, 0.15) is 31.5 Å². The predicted molar refractivity (Wildman–Crippen MR) is 44.2 cm³/mol. The smallest absolute Gasteiger partial charge is 0.0179 e. The lowest BCUT2D eigenvalue weighted by Gasteiger charge is -1.97. The van der Waals surface area contributed by atoms with Crippen LogP contribution in [0.4, 0.5) is 0 Å². The fourth-order valence-corrected chi connectivity index (χ4v) is 1.25. The molecule has 0 spiro atoms. The predicted octanol–water partition coefficient (Wildman–Crippen LogP) is 2.53. The molecule has 0 amide bonds. The van der Waals surface area contributed by atoms with E-state index in [0.29, 0.717) is 0 Å². The molecule has 1 nitrogen and oxygen atoms in total. The fourth-order valence-electron chi connectivity index (χ4n) is 1.25. The maximum Gasteiger partial charge on any atom is 0.0179 e. The van der Waals surface area contributed by atoms with Crippen LogP contribution in [0.3, 0.4) is 0 Å². The molecule has 10 heavy (non-hydrogen) atoms. The molecular formula is C9H15N. The molecule has 0 saturated heterocycles. The summed E-state index contributed by atoms with van der Waals surface area (Å²) in [5.74, 6) is 0. The topological polar surface area (TPSA) is 15.8 Å². The van der Waals surface area contributed by atoms with Gasteiger partial charge in [-0.1, -0.05) is 20.3 Å². The molecule has 0 aliphatic rings. The summed E-state index contributed by atoms with van der Waals surface area (Å²) in [4.78, 5) is 3.26. The Hall–Kier alpha value is -0.720. The summed E-state index contributed by atoms with van der Waals surface area (Å²) in [6.07, 6.45) is 5.60. The van der Waals surface area contributed by atoms with Crippen molar-refractivity contribution in [1.82, 2.24) is 4.98 Å². The molecule has 0 unspecified atom stereocenters. The monoisotopic (exact) mass is 137 g/mol. The van der Waals surface area contributed by atoms with Gasteiger partial charge in [0.05, 0.1) is 0 Å². The highest BCUT2D eigenvalue weighted by Gasteiger charge is 1.98. The van der Waals surface area contributed by atoms with Crippen LogP contribution in [0, 0.1) is 0 Å². The first-order valence-corrected chi connectivity index (χ1v) is 4.03. The van der Waals surface area contributed by atoms with Gasteiger partial charge in [-0.15, -0.1) is 0 Å². The third kappa shape index (κ3) is 1.41. The first-order valence-electron chi connectivity index (χ1n) is 4.03. The molecule has 1 aromatic heterocycles. The maximum absolute atomic E-state index is 3.26. The molecule has 0 bridgehead atoms. The largest absolute Gasteiger partial charge is 0.365 e. The molecule has 56 valence electrons. The Morgan fingerprint density at radius 3 is 2.80 bits per heavy atom. The highest BCUT2D eigenvalue weighted by molar-refractivity contribution is 5.20. The van der Waals surface area contributed by atoms with Crippen molar-refractivity contribution in [3.05, 3.63) is 23.5 Å². The van der Waals surface area contributed by atoms with Gasteiger partial charge in [-0.2, -0.15) is 0 Å². The number of hydrogen-bond donors (Lipinski definition) is 1. The first kappa shape index (κ1) is 7.39. The first-order chi connectivity index (χ1) is 4.88. The van der Waals surface area contributed by atoms with Crippen molar-refractivity contribution >= 4 is 0 Å². The van der Waals surface area contributed by atoms with Crippen LogP contribution >= 0.6 is 0 Å². The molecule has 0 saturated carbocycles. The second kappa shape index (κ2) is 3.45. The van der Waals surface area contributed by atoms with E-state index in [0.717, 1.165) is 6.42 Å². The van der Waals surface area contributed by atoms with E-state index in [1.807, 2.05) is 6.20 Å². The van der Waals surface area contributed by atoms with E-state index in [-0.39, 0.29) is 0 Å². The standard InChI is InChI=1S/C9H15N/c1-3-5-9-8(4-2)6-7-10-9/h6-7,10H,3-5H2,1-2H3. The van der Waals surface area contributed by atoms with Gasteiger partial charge < -0.3 is 4.98 Å². The Kier molecular flexibility index (Phi) is 2.55. The average molecular weight is 137 g/mol. The Balaban J connectivity index is 2.70. The lowest BCUT2D eigenvalue weighted by Crippen LogP contribution is -1.88. The lowest BCUT2D eigenvalue weighted by molar-refractivity contribution is 0.873. The highest BCUT2D eigenvalue weighted by Crippen LogP contribution is 2.08. The summed E-state index contributed by atoms with van der Waals surface area (Å²) in [5.41, 5.74) is 2.90. The number of rotatable bonds is 3. The summed E-state index contributed by atoms with van der Waals surface area (Å²) in [7, 11) is 0. The number of nitrogens with one attached hydrogen (secondary N) is 1. The maximum atomic E-state index is 3.26. The third-order valence-electron chi connectivity index (χ3n) is 1.81. The summed E-state index contributed by atoms with van der Waals surface area (Å²) in [6, 6.07) is 2.17. The van der Waals surface area contributed by atoms with Crippen LogP contribution in [-0.4, -0.2) is 4.98 Å². The normalized spacial score (nSPS) is 10.2. The number of aromatic amines is 1. The van der Waals surface area contributed by atoms with Crippen LogP contribution in [0.2, 0.25) is 0 Å². The summed E-state index contributed by atoms with van der Waals surface area (Å²) in [6.45, 7) is 4.41. The van der Waals surface area contributed by atoms with E-state index < -0.39 is 0 Å². The van der Waals surface area contributed by atoms with Crippen molar-refractivity contribution in [2.45, 2.75) is 33.1 Å². The van der Waals surface area contributed by atoms with Crippen molar-refractivity contribution in [2.75, 3.05) is 0 Å². The second-order valence-corrected chi connectivity index (χ2v) is 2.59. The van der Waals surface area contributed by atoms with Gasteiger partial charge in [0.2, 0.25) is 0 Å². The van der Waals surface area contributed by atoms with Gasteiger partial charge in [0.15, 0.2) is 0 Å². The molecule has 1 heteroatoms. The van der Waals surface area contributed by atoms with Crippen molar-refractivity contribution in [1.29, 1.82) is 0 Å². The molecular weight excluding hydrogens is 122 g/mol. The van der Waals surface area contributed by atoms with Crippen molar-refractivity contribution in [3.63, 3.8) is 0 Å². The minimum atomic E-state index is 1.15. The fraction of sp³-hybridized carbons (Fsp3) is 0.556. The summed E-state index contributed by atoms with van der Waals surface area (Å²) >= 11 is 0.